The highest BCUT2D eigenvalue weighted by atomic mass is 16.5. The van der Waals surface area contributed by atoms with Crippen molar-refractivity contribution in [2.75, 3.05) is 7.11 Å². The molecule has 0 aliphatic carbocycles. The Balaban J connectivity index is 2.50. The summed E-state index contributed by atoms with van der Waals surface area (Å²) in [5, 5.41) is 9.04. The van der Waals surface area contributed by atoms with Gasteiger partial charge in [0.05, 0.1) is 13.5 Å². The van der Waals surface area contributed by atoms with Gasteiger partial charge in [-0.05, 0) is 57.2 Å². The molecule has 1 aromatic rings. The maximum Gasteiger partial charge on any atom is 0.307 e. The molecule has 1 aliphatic rings. The fourth-order valence-electron chi connectivity index (χ4n) is 3.03. The van der Waals surface area contributed by atoms with Crippen LogP contribution in [0.3, 0.4) is 0 Å². The van der Waals surface area contributed by atoms with Gasteiger partial charge in [-0.3, -0.25) is 4.79 Å². The standard InChI is InChI=1S/C16H22O4/c1-9-10(2)15-12(11(3)14(9)19-5)6-7-16(4,20-15)8-13(17)18/h6-8H2,1-5H3,(H,17,18). The van der Waals surface area contributed by atoms with Gasteiger partial charge >= 0.3 is 5.97 Å². The van der Waals surface area contributed by atoms with Crippen LogP contribution < -0.4 is 9.47 Å². The summed E-state index contributed by atoms with van der Waals surface area (Å²) in [6.07, 6.45) is 1.55. The Bertz CT molecular complexity index is 562. The number of hydrogen-bond acceptors (Lipinski definition) is 3. The zero-order valence-corrected chi connectivity index (χ0v) is 12.8. The average molecular weight is 278 g/mol. The van der Waals surface area contributed by atoms with Gasteiger partial charge in [0.25, 0.3) is 0 Å². The van der Waals surface area contributed by atoms with Gasteiger partial charge in [-0.1, -0.05) is 0 Å². The summed E-state index contributed by atoms with van der Waals surface area (Å²) in [6.45, 7) is 7.92. The van der Waals surface area contributed by atoms with Gasteiger partial charge in [0, 0.05) is 5.56 Å². The van der Waals surface area contributed by atoms with E-state index in [4.69, 9.17) is 14.6 Å². The van der Waals surface area contributed by atoms with Crippen LogP contribution >= 0.6 is 0 Å². The predicted molar refractivity (Wildman–Crippen MR) is 76.8 cm³/mol. The van der Waals surface area contributed by atoms with Crippen molar-refractivity contribution in [2.45, 2.75) is 52.6 Å². The maximum atomic E-state index is 11.0. The molecule has 20 heavy (non-hydrogen) atoms. The van der Waals surface area contributed by atoms with Crippen LogP contribution in [0.1, 0.15) is 42.0 Å². The highest BCUT2D eigenvalue weighted by Gasteiger charge is 2.36. The lowest BCUT2D eigenvalue weighted by atomic mass is 9.85. The van der Waals surface area contributed by atoms with Crippen LogP contribution in [-0.4, -0.2) is 23.8 Å². The fraction of sp³-hybridized carbons (Fsp3) is 0.562. The second-order valence-electron chi connectivity index (χ2n) is 5.84. The van der Waals surface area contributed by atoms with Crippen molar-refractivity contribution < 1.29 is 19.4 Å². The first-order valence-electron chi connectivity index (χ1n) is 6.86. The van der Waals surface area contributed by atoms with Crippen LogP contribution in [0.4, 0.5) is 0 Å². The molecule has 0 aromatic heterocycles. The van der Waals surface area contributed by atoms with Gasteiger partial charge in [0.2, 0.25) is 0 Å². The van der Waals surface area contributed by atoms with Crippen molar-refractivity contribution in [3.8, 4) is 11.5 Å². The summed E-state index contributed by atoms with van der Waals surface area (Å²) in [6, 6.07) is 0. The number of carboxylic acids is 1. The van der Waals surface area contributed by atoms with Gasteiger partial charge in [-0.25, -0.2) is 0 Å². The lowest BCUT2D eigenvalue weighted by Crippen LogP contribution is -2.39. The molecule has 0 amide bonds. The van der Waals surface area contributed by atoms with E-state index in [1.165, 1.54) is 0 Å². The second-order valence-corrected chi connectivity index (χ2v) is 5.84. The van der Waals surface area contributed by atoms with E-state index >= 15 is 0 Å². The van der Waals surface area contributed by atoms with E-state index in [2.05, 4.69) is 0 Å². The summed E-state index contributed by atoms with van der Waals surface area (Å²) in [5.74, 6) is 0.929. The maximum absolute atomic E-state index is 11.0. The van der Waals surface area contributed by atoms with Crippen LogP contribution in [0.25, 0.3) is 0 Å². The minimum Gasteiger partial charge on any atom is -0.496 e. The summed E-state index contributed by atoms with van der Waals surface area (Å²) in [7, 11) is 1.68. The molecule has 1 atom stereocenters. The van der Waals surface area contributed by atoms with E-state index in [1.807, 2.05) is 27.7 Å². The molecule has 1 N–H and O–H groups in total. The number of aliphatic carboxylic acids is 1. The molecular formula is C16H22O4. The highest BCUT2D eigenvalue weighted by Crippen LogP contribution is 2.44. The molecule has 2 rings (SSSR count). The van der Waals surface area contributed by atoms with Crippen LogP contribution in [0.15, 0.2) is 0 Å². The van der Waals surface area contributed by atoms with E-state index in [9.17, 15) is 4.79 Å². The van der Waals surface area contributed by atoms with E-state index in [0.29, 0.717) is 6.42 Å². The smallest absolute Gasteiger partial charge is 0.307 e. The van der Waals surface area contributed by atoms with Crippen molar-refractivity contribution in [2.24, 2.45) is 0 Å². The van der Waals surface area contributed by atoms with Crippen LogP contribution in [-0.2, 0) is 11.2 Å². The Kier molecular flexibility index (Phi) is 3.67. The minimum atomic E-state index is -0.824. The third kappa shape index (κ3) is 2.35. The zero-order valence-electron chi connectivity index (χ0n) is 12.8. The summed E-state index contributed by atoms with van der Waals surface area (Å²) in [5.41, 5.74) is 3.72. The Hall–Kier alpha value is -1.71. The largest absolute Gasteiger partial charge is 0.496 e. The van der Waals surface area contributed by atoms with Gasteiger partial charge in [-0.2, -0.15) is 0 Å². The van der Waals surface area contributed by atoms with E-state index in [0.717, 1.165) is 40.2 Å². The lowest BCUT2D eigenvalue weighted by molar-refractivity contribution is -0.141. The molecule has 4 nitrogen and oxygen atoms in total. The first-order valence-corrected chi connectivity index (χ1v) is 6.86. The van der Waals surface area contributed by atoms with Crippen molar-refractivity contribution >= 4 is 5.97 Å². The van der Waals surface area contributed by atoms with Gasteiger partial charge in [0.1, 0.15) is 17.1 Å². The third-order valence-corrected chi connectivity index (χ3v) is 4.29. The first-order chi connectivity index (χ1) is 9.29. The van der Waals surface area contributed by atoms with Gasteiger partial charge < -0.3 is 14.6 Å². The second kappa shape index (κ2) is 5.00. The topological polar surface area (TPSA) is 55.8 Å². The van der Waals surface area contributed by atoms with Crippen molar-refractivity contribution in [3.05, 3.63) is 22.3 Å². The molecule has 0 radical (unpaired) electrons. The molecule has 4 heteroatoms. The quantitative estimate of drug-likeness (QED) is 0.922. The molecule has 1 unspecified atom stereocenters. The number of ether oxygens (including phenoxy) is 2. The lowest BCUT2D eigenvalue weighted by Gasteiger charge is -2.37. The Labute approximate surface area is 119 Å². The van der Waals surface area contributed by atoms with E-state index in [-0.39, 0.29) is 6.42 Å². The molecule has 0 fully saturated rings. The molecule has 1 heterocycles. The SMILES string of the molecule is COc1c(C)c(C)c2c(c1C)CCC(C)(CC(=O)O)O2. The predicted octanol–water partition coefficient (Wildman–Crippen LogP) is 3.18. The van der Waals surface area contributed by atoms with Crippen molar-refractivity contribution in [1.29, 1.82) is 0 Å². The molecule has 0 saturated heterocycles. The van der Waals surface area contributed by atoms with Crippen LogP contribution in [0.2, 0.25) is 0 Å². The van der Waals surface area contributed by atoms with Crippen LogP contribution in [0.5, 0.6) is 11.5 Å². The minimum absolute atomic E-state index is 0.0238. The van der Waals surface area contributed by atoms with Crippen molar-refractivity contribution in [3.63, 3.8) is 0 Å². The molecule has 110 valence electrons. The average Bonchev–Trinajstić information content (AvgIpc) is 2.35. The summed E-state index contributed by atoms with van der Waals surface area (Å²) in [4.78, 5) is 11.0. The summed E-state index contributed by atoms with van der Waals surface area (Å²) >= 11 is 0. The number of benzene rings is 1. The molecule has 1 aromatic carbocycles. The normalized spacial score (nSPS) is 21.1. The highest BCUT2D eigenvalue weighted by molar-refractivity contribution is 5.68. The zero-order chi connectivity index (χ0) is 15.1. The third-order valence-electron chi connectivity index (χ3n) is 4.29. The Morgan fingerprint density at radius 3 is 2.50 bits per heavy atom. The molecular weight excluding hydrogens is 256 g/mol. The summed E-state index contributed by atoms with van der Waals surface area (Å²) < 4.78 is 11.6. The number of fused-ring (bicyclic) bond motifs is 1. The Morgan fingerprint density at radius 1 is 1.30 bits per heavy atom. The number of methoxy groups -OCH3 is 1. The number of rotatable bonds is 3. The number of carboxylic acid groups (broad SMARTS) is 1. The van der Waals surface area contributed by atoms with Crippen molar-refractivity contribution in [1.82, 2.24) is 0 Å². The number of carbonyl (C=O) groups is 1. The molecule has 0 bridgehead atoms. The first kappa shape index (κ1) is 14.7. The monoisotopic (exact) mass is 278 g/mol. The van der Waals surface area contributed by atoms with E-state index < -0.39 is 11.6 Å². The van der Waals surface area contributed by atoms with Gasteiger partial charge in [0.15, 0.2) is 0 Å². The Morgan fingerprint density at radius 2 is 1.95 bits per heavy atom. The van der Waals surface area contributed by atoms with E-state index in [1.54, 1.807) is 7.11 Å². The van der Waals surface area contributed by atoms with Crippen LogP contribution in [0, 0.1) is 20.8 Å². The molecule has 1 aliphatic heterocycles. The fourth-order valence-corrected chi connectivity index (χ4v) is 3.03. The molecule has 0 saturated carbocycles. The van der Waals surface area contributed by atoms with Gasteiger partial charge in [-0.15, -0.1) is 0 Å². The molecule has 0 spiro atoms. The number of hydrogen-bond donors (Lipinski definition) is 1.